The summed E-state index contributed by atoms with van der Waals surface area (Å²) in [6, 6.07) is 19.6. The average molecular weight is 666 g/mol. The predicted molar refractivity (Wildman–Crippen MR) is 179 cm³/mol. The van der Waals surface area contributed by atoms with Gasteiger partial charge in [-0.05, 0) is 55.3 Å². The fourth-order valence-corrected chi connectivity index (χ4v) is 7.33. The molecule has 1 aliphatic heterocycles. The number of benzene rings is 3. The van der Waals surface area contributed by atoms with Crippen LogP contribution in [0, 0.1) is 12.3 Å². The van der Waals surface area contributed by atoms with E-state index in [1.54, 1.807) is 38.1 Å². The summed E-state index contributed by atoms with van der Waals surface area (Å²) in [5.74, 6) is -0.421. The molecule has 0 bridgehead atoms. The number of halogens is 1. The van der Waals surface area contributed by atoms with Crippen LogP contribution in [0.2, 0.25) is 5.02 Å². The number of hydrogen-bond donors (Lipinski definition) is 0. The van der Waals surface area contributed by atoms with E-state index in [-0.39, 0.29) is 36.3 Å². The van der Waals surface area contributed by atoms with Crippen molar-refractivity contribution in [3.8, 4) is 0 Å². The van der Waals surface area contributed by atoms with Crippen LogP contribution in [-0.4, -0.2) is 62.3 Å². The van der Waals surface area contributed by atoms with Gasteiger partial charge < -0.3 is 19.0 Å². The fraction of sp³-hybridized carbons (Fsp3) is 0.371. The Kier molecular flexibility index (Phi) is 9.81. The normalized spacial score (nSPS) is 14.2. The molecule has 0 spiro atoms. The lowest BCUT2D eigenvalue weighted by Gasteiger charge is -2.39. The minimum Gasteiger partial charge on any atom is -0.460 e. The van der Waals surface area contributed by atoms with Crippen molar-refractivity contribution in [2.75, 3.05) is 37.7 Å². The molecular formula is C35H40ClN3O6S. The number of furan rings is 1. The molecule has 0 aliphatic carbocycles. The number of carbonyl (C=O) groups excluding carboxylic acids is 2. The monoisotopic (exact) mass is 665 g/mol. The second-order valence-electron chi connectivity index (χ2n) is 12.5. The van der Waals surface area contributed by atoms with Crippen molar-refractivity contribution < 1.29 is 27.2 Å². The molecular weight excluding hydrogens is 626 g/mol. The maximum absolute atomic E-state index is 14.5. The topological polar surface area (TPSA) is 100 Å². The highest BCUT2D eigenvalue weighted by molar-refractivity contribution is 7.89. The number of sulfonamides is 1. The first-order valence-corrected chi connectivity index (χ1v) is 17.2. The van der Waals surface area contributed by atoms with Crippen LogP contribution in [0.5, 0.6) is 0 Å². The zero-order valence-electron chi connectivity index (χ0n) is 26.9. The van der Waals surface area contributed by atoms with E-state index < -0.39 is 21.4 Å². The summed E-state index contributed by atoms with van der Waals surface area (Å²) in [4.78, 5) is 29.5. The van der Waals surface area contributed by atoms with E-state index in [9.17, 15) is 18.0 Å². The molecule has 2 heterocycles. The van der Waals surface area contributed by atoms with Gasteiger partial charge in [0, 0.05) is 66.3 Å². The molecule has 5 rings (SSSR count). The number of aryl methyl sites for hydroxylation is 1. The minimum atomic E-state index is -4.08. The van der Waals surface area contributed by atoms with Crippen LogP contribution < -0.4 is 4.90 Å². The van der Waals surface area contributed by atoms with Crippen LogP contribution in [0.25, 0.3) is 11.0 Å². The van der Waals surface area contributed by atoms with Gasteiger partial charge in [0.05, 0.1) is 11.5 Å². The summed E-state index contributed by atoms with van der Waals surface area (Å²) in [7, 11) is -4.08. The smallest absolute Gasteiger partial charge is 0.374 e. The van der Waals surface area contributed by atoms with Gasteiger partial charge >= 0.3 is 5.97 Å². The summed E-state index contributed by atoms with van der Waals surface area (Å²) in [5.41, 5.74) is 2.88. The number of para-hydroxylation sites is 1. The first-order valence-electron chi connectivity index (χ1n) is 15.4. The number of ether oxygens (including phenoxy) is 1. The van der Waals surface area contributed by atoms with E-state index in [1.807, 2.05) is 62.1 Å². The molecule has 0 unspecified atom stereocenters. The summed E-state index contributed by atoms with van der Waals surface area (Å²) < 4.78 is 41.2. The second kappa shape index (κ2) is 13.5. The number of anilines is 1. The standard InChI is InChI=1S/C35H40ClN3O6S/c1-6-44-33(40)32-24(2)28-21-27(15-16-31(28)45-32)46(42,43)39(22-25-11-7-9-13-29(25)36)23-26-12-8-10-14-30(26)37-17-19-38(20-18-37)34(41)35(3,4)5/h7-16,21H,6,17-20,22-23H2,1-5H3. The van der Waals surface area contributed by atoms with Crippen molar-refractivity contribution >= 4 is 50.2 Å². The van der Waals surface area contributed by atoms with Gasteiger partial charge in [-0.1, -0.05) is 68.8 Å². The molecule has 9 nitrogen and oxygen atoms in total. The van der Waals surface area contributed by atoms with Crippen LogP contribution in [0.1, 0.15) is 54.9 Å². The second-order valence-corrected chi connectivity index (χ2v) is 14.8. The number of piperazine rings is 1. The van der Waals surface area contributed by atoms with E-state index in [4.69, 9.17) is 20.8 Å². The Morgan fingerprint density at radius 2 is 1.57 bits per heavy atom. The molecule has 3 aromatic carbocycles. The van der Waals surface area contributed by atoms with Crippen molar-refractivity contribution in [3.63, 3.8) is 0 Å². The largest absolute Gasteiger partial charge is 0.460 e. The van der Waals surface area contributed by atoms with Crippen LogP contribution in [0.15, 0.2) is 76.0 Å². The Labute approximate surface area is 275 Å². The number of carbonyl (C=O) groups is 2. The molecule has 0 N–H and O–H groups in total. The predicted octanol–water partition coefficient (Wildman–Crippen LogP) is 6.66. The molecule has 0 saturated carbocycles. The van der Waals surface area contributed by atoms with Crippen molar-refractivity contribution in [1.82, 2.24) is 9.21 Å². The SMILES string of the molecule is CCOC(=O)c1oc2ccc(S(=O)(=O)N(Cc3ccccc3Cl)Cc3ccccc3N3CCN(C(=O)C(C)(C)C)CC3)cc2c1C. The molecule has 1 amide bonds. The maximum Gasteiger partial charge on any atom is 0.374 e. The summed E-state index contributed by atoms with van der Waals surface area (Å²) in [6.07, 6.45) is 0. The maximum atomic E-state index is 14.5. The van der Waals surface area contributed by atoms with Crippen LogP contribution >= 0.6 is 11.6 Å². The van der Waals surface area contributed by atoms with Gasteiger partial charge in [-0.2, -0.15) is 4.31 Å². The average Bonchev–Trinajstić information content (AvgIpc) is 3.37. The van der Waals surface area contributed by atoms with E-state index in [2.05, 4.69) is 4.90 Å². The van der Waals surface area contributed by atoms with Crippen LogP contribution in [0.3, 0.4) is 0 Å². The fourth-order valence-electron chi connectivity index (χ4n) is 5.71. The van der Waals surface area contributed by atoms with Crippen molar-refractivity contribution in [1.29, 1.82) is 0 Å². The molecule has 11 heteroatoms. The Bertz CT molecular complexity index is 1860. The first-order chi connectivity index (χ1) is 21.8. The molecule has 0 radical (unpaired) electrons. The number of nitrogens with zero attached hydrogens (tertiary/aromatic N) is 3. The zero-order chi connectivity index (χ0) is 33.2. The van der Waals surface area contributed by atoms with E-state index in [0.717, 1.165) is 11.3 Å². The Hall–Kier alpha value is -3.86. The highest BCUT2D eigenvalue weighted by Gasteiger charge is 2.32. The van der Waals surface area contributed by atoms with Gasteiger partial charge in [-0.3, -0.25) is 4.79 Å². The Morgan fingerprint density at radius 1 is 0.935 bits per heavy atom. The zero-order valence-corrected chi connectivity index (χ0v) is 28.5. The quantitative estimate of drug-likeness (QED) is 0.184. The minimum absolute atomic E-state index is 0.0423. The van der Waals surface area contributed by atoms with Gasteiger partial charge in [-0.15, -0.1) is 0 Å². The molecule has 1 aromatic heterocycles. The lowest BCUT2D eigenvalue weighted by molar-refractivity contribution is -0.139. The number of amides is 1. The third-order valence-corrected chi connectivity index (χ3v) is 10.4. The van der Waals surface area contributed by atoms with Gasteiger partial charge in [0.2, 0.25) is 21.7 Å². The third kappa shape index (κ3) is 6.94. The van der Waals surface area contributed by atoms with E-state index >= 15 is 0 Å². The van der Waals surface area contributed by atoms with Gasteiger partial charge in [0.1, 0.15) is 5.58 Å². The van der Waals surface area contributed by atoms with E-state index in [0.29, 0.717) is 53.3 Å². The number of esters is 1. The molecule has 1 fully saturated rings. The van der Waals surface area contributed by atoms with Crippen LogP contribution in [-0.2, 0) is 32.6 Å². The molecule has 1 saturated heterocycles. The highest BCUT2D eigenvalue weighted by atomic mass is 35.5. The van der Waals surface area contributed by atoms with Crippen LogP contribution in [0.4, 0.5) is 5.69 Å². The number of rotatable bonds is 9. The molecule has 244 valence electrons. The first kappa shape index (κ1) is 33.5. The van der Waals surface area contributed by atoms with Crippen molar-refractivity contribution in [2.24, 2.45) is 5.41 Å². The molecule has 0 atom stereocenters. The lowest BCUT2D eigenvalue weighted by atomic mass is 9.94. The van der Waals surface area contributed by atoms with Gasteiger partial charge in [-0.25, -0.2) is 13.2 Å². The number of hydrogen-bond acceptors (Lipinski definition) is 7. The summed E-state index contributed by atoms with van der Waals surface area (Å²) in [6.45, 7) is 12.0. The molecule has 46 heavy (non-hydrogen) atoms. The Balaban J connectivity index is 1.49. The van der Waals surface area contributed by atoms with E-state index in [1.165, 1.54) is 10.4 Å². The molecule has 1 aliphatic rings. The van der Waals surface area contributed by atoms with Gasteiger partial charge in [0.25, 0.3) is 0 Å². The van der Waals surface area contributed by atoms with Crippen molar-refractivity contribution in [3.05, 3.63) is 94.2 Å². The lowest BCUT2D eigenvalue weighted by Crippen LogP contribution is -2.52. The number of fused-ring (bicyclic) bond motifs is 1. The summed E-state index contributed by atoms with van der Waals surface area (Å²) >= 11 is 6.53. The van der Waals surface area contributed by atoms with Gasteiger partial charge in [0.15, 0.2) is 0 Å². The molecule has 4 aromatic rings. The summed E-state index contributed by atoms with van der Waals surface area (Å²) in [5, 5.41) is 0.987. The van der Waals surface area contributed by atoms with Crippen molar-refractivity contribution in [2.45, 2.75) is 52.6 Å². The third-order valence-electron chi connectivity index (χ3n) is 8.20. The Morgan fingerprint density at radius 3 is 2.22 bits per heavy atom. The highest BCUT2D eigenvalue weighted by Crippen LogP contribution is 2.33.